The summed E-state index contributed by atoms with van der Waals surface area (Å²) in [5, 5.41) is 13.5. The average Bonchev–Trinajstić information content (AvgIpc) is 3.08. The van der Waals surface area contributed by atoms with Crippen molar-refractivity contribution in [2.24, 2.45) is 0 Å². The van der Waals surface area contributed by atoms with Gasteiger partial charge in [0.2, 0.25) is 0 Å². The van der Waals surface area contributed by atoms with Gasteiger partial charge in [0.1, 0.15) is 11.9 Å². The predicted octanol–water partition coefficient (Wildman–Crippen LogP) is 4.29. The molecule has 0 unspecified atom stereocenters. The van der Waals surface area contributed by atoms with E-state index >= 15 is 0 Å². The Labute approximate surface area is 181 Å². The van der Waals surface area contributed by atoms with Crippen LogP contribution < -0.4 is 10.9 Å². The fraction of sp³-hybridized carbons (Fsp3) is 0.423. The lowest BCUT2D eigenvalue weighted by molar-refractivity contribution is 0.338. The second-order valence-corrected chi connectivity index (χ2v) is 9.33. The van der Waals surface area contributed by atoms with Crippen LogP contribution in [0, 0.1) is 11.3 Å². The molecule has 0 bridgehead atoms. The summed E-state index contributed by atoms with van der Waals surface area (Å²) in [7, 11) is 0. The second kappa shape index (κ2) is 7.03. The third-order valence-electron chi connectivity index (χ3n) is 7.76. The summed E-state index contributed by atoms with van der Waals surface area (Å²) in [5.74, 6) is 1.45. The molecule has 5 nitrogen and oxygen atoms in total. The number of nitriles is 1. The Hall–Kier alpha value is -2.97. The number of rotatable bonds is 1. The van der Waals surface area contributed by atoms with Gasteiger partial charge < -0.3 is 5.32 Å². The molecular formula is C26H26N4O. The Morgan fingerprint density at radius 2 is 1.90 bits per heavy atom. The van der Waals surface area contributed by atoms with E-state index in [9.17, 15) is 10.1 Å². The van der Waals surface area contributed by atoms with Gasteiger partial charge in [-0.1, -0.05) is 37.5 Å². The smallest absolute Gasteiger partial charge is 0.282 e. The van der Waals surface area contributed by atoms with Crippen LogP contribution in [-0.2, 0) is 5.41 Å². The summed E-state index contributed by atoms with van der Waals surface area (Å²) < 4.78 is 2.21. The van der Waals surface area contributed by atoms with Gasteiger partial charge in [0.15, 0.2) is 0 Å². The lowest BCUT2D eigenvalue weighted by atomic mass is 9.69. The molecule has 0 amide bonds. The number of aromatic nitrogens is 2. The highest BCUT2D eigenvalue weighted by molar-refractivity contribution is 5.87. The SMILES string of the molecule is N#Cc1cccc2c1c(=O)nc1n2-c2cc(C3CCNCC3)ccc2C12CCCCC2. The van der Waals surface area contributed by atoms with Crippen LogP contribution in [0.25, 0.3) is 16.6 Å². The molecular weight excluding hydrogens is 384 g/mol. The number of piperidine rings is 1. The molecule has 2 aromatic carbocycles. The van der Waals surface area contributed by atoms with Gasteiger partial charge in [0.25, 0.3) is 5.56 Å². The number of hydrogen-bond donors (Lipinski definition) is 1. The molecule has 5 heteroatoms. The number of hydrogen-bond acceptors (Lipinski definition) is 4. The van der Waals surface area contributed by atoms with Crippen LogP contribution in [0.1, 0.15) is 73.4 Å². The van der Waals surface area contributed by atoms with Crippen LogP contribution in [-0.4, -0.2) is 22.6 Å². The van der Waals surface area contributed by atoms with Crippen LogP contribution in [0.15, 0.2) is 41.2 Å². The van der Waals surface area contributed by atoms with Crippen molar-refractivity contribution in [3.8, 4) is 11.8 Å². The van der Waals surface area contributed by atoms with E-state index in [0.29, 0.717) is 16.9 Å². The third-order valence-corrected chi connectivity index (χ3v) is 7.76. The second-order valence-electron chi connectivity index (χ2n) is 9.33. The lowest BCUT2D eigenvalue weighted by Crippen LogP contribution is -2.32. The third kappa shape index (κ3) is 2.64. The van der Waals surface area contributed by atoms with E-state index in [1.807, 2.05) is 12.1 Å². The fourth-order valence-corrected chi connectivity index (χ4v) is 6.24. The molecule has 0 atom stereocenters. The zero-order valence-corrected chi connectivity index (χ0v) is 17.7. The Morgan fingerprint density at radius 3 is 2.68 bits per heavy atom. The van der Waals surface area contributed by atoms with Gasteiger partial charge in [0.05, 0.1) is 27.6 Å². The van der Waals surface area contributed by atoms with E-state index in [-0.39, 0.29) is 11.0 Å². The molecule has 1 aromatic heterocycles. The minimum Gasteiger partial charge on any atom is -0.317 e. The van der Waals surface area contributed by atoms with Crippen LogP contribution in [0.5, 0.6) is 0 Å². The van der Waals surface area contributed by atoms with E-state index in [4.69, 9.17) is 0 Å². The summed E-state index contributed by atoms with van der Waals surface area (Å²) in [4.78, 5) is 17.8. The summed E-state index contributed by atoms with van der Waals surface area (Å²) >= 11 is 0. The molecule has 1 aliphatic carbocycles. The van der Waals surface area contributed by atoms with Gasteiger partial charge in [-0.05, 0) is 74.0 Å². The molecule has 1 N–H and O–H groups in total. The van der Waals surface area contributed by atoms with Crippen molar-refractivity contribution in [2.75, 3.05) is 13.1 Å². The van der Waals surface area contributed by atoms with Crippen molar-refractivity contribution in [2.45, 2.75) is 56.3 Å². The largest absolute Gasteiger partial charge is 0.317 e. The molecule has 1 spiro atoms. The van der Waals surface area contributed by atoms with Crippen molar-refractivity contribution in [1.29, 1.82) is 5.26 Å². The van der Waals surface area contributed by atoms with E-state index in [0.717, 1.165) is 63.0 Å². The first-order chi connectivity index (χ1) is 15.2. The van der Waals surface area contributed by atoms with Crippen molar-refractivity contribution < 1.29 is 0 Å². The Kier molecular flexibility index (Phi) is 4.26. The first kappa shape index (κ1) is 18.8. The maximum Gasteiger partial charge on any atom is 0.282 e. The Morgan fingerprint density at radius 1 is 1.10 bits per heavy atom. The van der Waals surface area contributed by atoms with Crippen LogP contribution in [0.2, 0.25) is 0 Å². The molecule has 3 aliphatic rings. The monoisotopic (exact) mass is 410 g/mol. The molecule has 1 saturated carbocycles. The van der Waals surface area contributed by atoms with Gasteiger partial charge in [-0.15, -0.1) is 0 Å². The van der Waals surface area contributed by atoms with Crippen molar-refractivity contribution in [3.63, 3.8) is 0 Å². The van der Waals surface area contributed by atoms with Crippen molar-refractivity contribution in [1.82, 2.24) is 14.9 Å². The zero-order valence-electron chi connectivity index (χ0n) is 17.7. The van der Waals surface area contributed by atoms with Gasteiger partial charge in [-0.2, -0.15) is 10.2 Å². The molecule has 3 heterocycles. The minimum absolute atomic E-state index is 0.184. The number of fused-ring (bicyclic) bond motifs is 7. The van der Waals surface area contributed by atoms with E-state index < -0.39 is 0 Å². The van der Waals surface area contributed by atoms with Gasteiger partial charge >= 0.3 is 0 Å². The average molecular weight is 411 g/mol. The van der Waals surface area contributed by atoms with Crippen LogP contribution in [0.3, 0.4) is 0 Å². The van der Waals surface area contributed by atoms with E-state index in [2.05, 4.69) is 39.1 Å². The zero-order chi connectivity index (χ0) is 21.0. The Bertz CT molecular complexity index is 1290. The quantitative estimate of drug-likeness (QED) is 0.650. The highest BCUT2D eigenvalue weighted by atomic mass is 16.1. The summed E-state index contributed by atoms with van der Waals surface area (Å²) in [6.45, 7) is 2.12. The highest BCUT2D eigenvalue weighted by Gasteiger charge is 2.46. The number of nitrogens with one attached hydrogen (secondary N) is 1. The van der Waals surface area contributed by atoms with Gasteiger partial charge in [0, 0.05) is 0 Å². The van der Waals surface area contributed by atoms with Crippen molar-refractivity contribution >= 4 is 10.9 Å². The maximum absolute atomic E-state index is 13.1. The molecule has 1 saturated heterocycles. The number of nitrogens with zero attached hydrogens (tertiary/aromatic N) is 3. The molecule has 31 heavy (non-hydrogen) atoms. The minimum atomic E-state index is -0.269. The summed E-state index contributed by atoms with van der Waals surface area (Å²) in [6, 6.07) is 14.8. The fourth-order valence-electron chi connectivity index (χ4n) is 6.24. The molecule has 2 fully saturated rings. The first-order valence-corrected chi connectivity index (χ1v) is 11.5. The standard InChI is InChI=1S/C26H26N4O/c27-16-19-5-4-6-21-23(19)24(31)29-25-26(11-2-1-3-12-26)20-8-7-18(15-22(20)30(21)25)17-9-13-28-14-10-17/h4-8,15,17,28H,1-3,9-14H2. The van der Waals surface area contributed by atoms with E-state index in [1.165, 1.54) is 23.2 Å². The normalized spacial score (nSPS) is 19.8. The van der Waals surface area contributed by atoms with Gasteiger partial charge in [-0.25, -0.2) is 0 Å². The van der Waals surface area contributed by atoms with Gasteiger partial charge in [-0.3, -0.25) is 9.36 Å². The van der Waals surface area contributed by atoms with E-state index in [1.54, 1.807) is 6.07 Å². The van der Waals surface area contributed by atoms with Crippen molar-refractivity contribution in [3.05, 3.63) is 69.3 Å². The molecule has 156 valence electrons. The lowest BCUT2D eigenvalue weighted by Gasteiger charge is -2.33. The predicted molar refractivity (Wildman–Crippen MR) is 121 cm³/mol. The number of benzene rings is 2. The summed E-state index contributed by atoms with van der Waals surface area (Å²) in [6.07, 6.45) is 7.91. The highest BCUT2D eigenvalue weighted by Crippen LogP contribution is 2.52. The Balaban J connectivity index is 1.66. The molecule has 3 aromatic rings. The summed E-state index contributed by atoms with van der Waals surface area (Å²) in [5.41, 5.74) is 4.63. The van der Waals surface area contributed by atoms with Crippen LogP contribution in [0.4, 0.5) is 0 Å². The maximum atomic E-state index is 13.1. The first-order valence-electron chi connectivity index (χ1n) is 11.5. The topological polar surface area (TPSA) is 70.7 Å². The van der Waals surface area contributed by atoms with Crippen LogP contribution >= 0.6 is 0 Å². The molecule has 0 radical (unpaired) electrons. The molecule has 6 rings (SSSR count). The molecule has 2 aliphatic heterocycles.